The van der Waals surface area contributed by atoms with Crippen LogP contribution in [0.5, 0.6) is 0 Å². The first-order chi connectivity index (χ1) is 9.11. The van der Waals surface area contributed by atoms with Crippen LogP contribution in [0.1, 0.15) is 55.5 Å². The molecule has 0 radical (unpaired) electrons. The average Bonchev–Trinajstić information content (AvgIpc) is 2.34. The number of benzene rings is 1. The topological polar surface area (TPSA) is 12.0 Å². The van der Waals surface area contributed by atoms with Gasteiger partial charge in [-0.1, -0.05) is 26.8 Å². The van der Waals surface area contributed by atoms with E-state index in [4.69, 9.17) is 0 Å². The van der Waals surface area contributed by atoms with E-state index in [1.165, 1.54) is 44.8 Å². The summed E-state index contributed by atoms with van der Waals surface area (Å²) >= 11 is 0. The molecule has 108 valence electrons. The quantitative estimate of drug-likeness (QED) is 0.639. The lowest BCUT2D eigenvalue weighted by molar-refractivity contribution is 0.541. The van der Waals surface area contributed by atoms with Gasteiger partial charge in [0.05, 0.1) is 0 Å². The lowest BCUT2D eigenvalue weighted by Gasteiger charge is -2.28. The van der Waals surface area contributed by atoms with E-state index in [-0.39, 0.29) is 5.41 Å². The highest BCUT2D eigenvalue weighted by Crippen LogP contribution is 2.38. The van der Waals surface area contributed by atoms with Crippen LogP contribution in [0, 0.1) is 33.1 Å². The minimum atomic E-state index is 0.178. The molecule has 0 amide bonds. The second-order valence-electron chi connectivity index (χ2n) is 7.17. The minimum absolute atomic E-state index is 0.178. The van der Waals surface area contributed by atoms with E-state index < -0.39 is 0 Å². The van der Waals surface area contributed by atoms with Crippen LogP contribution in [0.3, 0.4) is 0 Å². The molecule has 1 aliphatic rings. The second-order valence-corrected chi connectivity index (χ2v) is 7.17. The van der Waals surface area contributed by atoms with Crippen molar-refractivity contribution in [2.45, 2.75) is 55.4 Å². The van der Waals surface area contributed by atoms with Crippen molar-refractivity contribution in [1.29, 1.82) is 0 Å². The molecule has 1 aromatic rings. The maximum atomic E-state index is 3.67. The second kappa shape index (κ2) is 4.80. The van der Waals surface area contributed by atoms with Crippen molar-refractivity contribution in [3.63, 3.8) is 0 Å². The van der Waals surface area contributed by atoms with Crippen LogP contribution < -0.4 is 5.32 Å². The fraction of sp³-hybridized carbons (Fsp3) is 0.474. The molecule has 1 N–H and O–H groups in total. The number of hydrogen-bond acceptors (Lipinski definition) is 1. The van der Waals surface area contributed by atoms with Crippen LogP contribution in [-0.4, -0.2) is 0 Å². The molecule has 0 unspecified atom stereocenters. The maximum Gasteiger partial charge on any atom is 0.0493 e. The van der Waals surface area contributed by atoms with E-state index in [0.717, 1.165) is 0 Å². The Hall–Kier alpha value is -1.50. The van der Waals surface area contributed by atoms with Crippen molar-refractivity contribution in [3.8, 4) is 0 Å². The summed E-state index contributed by atoms with van der Waals surface area (Å²) in [6, 6.07) is 0. The smallest absolute Gasteiger partial charge is 0.0493 e. The summed E-state index contributed by atoms with van der Waals surface area (Å²) < 4.78 is 0. The van der Waals surface area contributed by atoms with Gasteiger partial charge in [0.1, 0.15) is 0 Å². The first kappa shape index (κ1) is 14.9. The third-order valence-corrected chi connectivity index (χ3v) is 4.36. The summed E-state index contributed by atoms with van der Waals surface area (Å²) in [5.74, 6) is 0. The number of allylic oxidation sites excluding steroid dienone is 2. The zero-order chi connectivity index (χ0) is 15.2. The molecule has 0 bridgehead atoms. The summed E-state index contributed by atoms with van der Waals surface area (Å²) in [5, 5.41) is 3.67. The largest absolute Gasteiger partial charge is 0.355 e. The van der Waals surface area contributed by atoms with Gasteiger partial charge in [-0.3, -0.25) is 0 Å². The summed E-state index contributed by atoms with van der Waals surface area (Å²) in [6.45, 7) is 17.8. The fourth-order valence-electron chi connectivity index (χ4n) is 2.79. The van der Waals surface area contributed by atoms with E-state index in [2.05, 4.69) is 72.9 Å². The third kappa shape index (κ3) is 2.54. The molecule has 20 heavy (non-hydrogen) atoms. The molecule has 0 saturated carbocycles. The molecule has 0 spiro atoms. The zero-order valence-corrected chi connectivity index (χ0v) is 14.2. The van der Waals surface area contributed by atoms with Gasteiger partial charge in [0.2, 0.25) is 0 Å². The summed E-state index contributed by atoms with van der Waals surface area (Å²) in [7, 11) is 0. The number of nitrogens with one attached hydrogen (secondary N) is 1. The van der Waals surface area contributed by atoms with Gasteiger partial charge < -0.3 is 5.32 Å². The zero-order valence-electron chi connectivity index (χ0n) is 14.2. The number of fused-ring (bicyclic) bond motifs is 1. The molecule has 0 aromatic heterocycles. The standard InChI is InChI=1S/C19H27N/c1-11-9-16-14(4)12(2)13(3)15(5)18(16)20-17(11)10-19(6,7)8/h9-10,20H,1-8H3/b17-10+. The monoisotopic (exact) mass is 269 g/mol. The molecule has 0 atom stereocenters. The van der Waals surface area contributed by atoms with Crippen molar-refractivity contribution in [1.82, 2.24) is 0 Å². The molecule has 2 rings (SSSR count). The molecule has 1 aliphatic heterocycles. The lowest BCUT2D eigenvalue weighted by atomic mass is 9.87. The fourth-order valence-corrected chi connectivity index (χ4v) is 2.79. The summed E-state index contributed by atoms with van der Waals surface area (Å²) in [5.41, 5.74) is 11.0. The molecule has 0 aliphatic carbocycles. The number of hydrogen-bond donors (Lipinski definition) is 1. The van der Waals surface area contributed by atoms with Crippen LogP contribution in [0.25, 0.3) is 6.08 Å². The Morgan fingerprint density at radius 2 is 1.40 bits per heavy atom. The number of anilines is 1. The first-order valence-corrected chi connectivity index (χ1v) is 7.40. The molecule has 0 saturated heterocycles. The first-order valence-electron chi connectivity index (χ1n) is 7.40. The van der Waals surface area contributed by atoms with Crippen LogP contribution in [0.4, 0.5) is 5.69 Å². The molecule has 1 heteroatoms. The Morgan fingerprint density at radius 1 is 0.850 bits per heavy atom. The normalized spacial score (nSPS) is 16.8. The highest BCUT2D eigenvalue weighted by molar-refractivity contribution is 5.83. The lowest BCUT2D eigenvalue weighted by Crippen LogP contribution is -2.14. The van der Waals surface area contributed by atoms with Crippen molar-refractivity contribution >= 4 is 11.8 Å². The Balaban J connectivity index is 2.66. The van der Waals surface area contributed by atoms with Gasteiger partial charge in [-0.25, -0.2) is 0 Å². The van der Waals surface area contributed by atoms with Gasteiger partial charge in [-0.05, 0) is 73.9 Å². The van der Waals surface area contributed by atoms with E-state index in [1.54, 1.807) is 0 Å². The van der Waals surface area contributed by atoms with Gasteiger partial charge in [0.25, 0.3) is 0 Å². The van der Waals surface area contributed by atoms with Crippen molar-refractivity contribution in [3.05, 3.63) is 45.2 Å². The highest BCUT2D eigenvalue weighted by Gasteiger charge is 2.20. The summed E-state index contributed by atoms with van der Waals surface area (Å²) in [4.78, 5) is 0. The van der Waals surface area contributed by atoms with Crippen molar-refractivity contribution < 1.29 is 0 Å². The van der Waals surface area contributed by atoms with Crippen LogP contribution in [-0.2, 0) is 0 Å². The maximum absolute atomic E-state index is 3.67. The van der Waals surface area contributed by atoms with Crippen LogP contribution in [0.2, 0.25) is 0 Å². The van der Waals surface area contributed by atoms with Crippen molar-refractivity contribution in [2.75, 3.05) is 5.32 Å². The van der Waals surface area contributed by atoms with Gasteiger partial charge >= 0.3 is 0 Å². The number of rotatable bonds is 0. The molecular weight excluding hydrogens is 242 g/mol. The molecule has 1 aromatic carbocycles. The van der Waals surface area contributed by atoms with Gasteiger partial charge in [0, 0.05) is 16.9 Å². The molecule has 1 nitrogen and oxygen atoms in total. The van der Waals surface area contributed by atoms with Crippen molar-refractivity contribution in [2.24, 2.45) is 5.41 Å². The van der Waals surface area contributed by atoms with E-state index >= 15 is 0 Å². The van der Waals surface area contributed by atoms with Crippen LogP contribution >= 0.6 is 0 Å². The Labute approximate surface area is 123 Å². The van der Waals surface area contributed by atoms with Crippen LogP contribution in [0.15, 0.2) is 17.3 Å². The van der Waals surface area contributed by atoms with E-state index in [9.17, 15) is 0 Å². The minimum Gasteiger partial charge on any atom is -0.355 e. The molecule has 1 heterocycles. The van der Waals surface area contributed by atoms with Gasteiger partial charge in [-0.2, -0.15) is 0 Å². The highest BCUT2D eigenvalue weighted by atomic mass is 14.9. The predicted octanol–water partition coefficient (Wildman–Crippen LogP) is 5.68. The van der Waals surface area contributed by atoms with Gasteiger partial charge in [-0.15, -0.1) is 0 Å². The van der Waals surface area contributed by atoms with Gasteiger partial charge in [0.15, 0.2) is 0 Å². The summed E-state index contributed by atoms with van der Waals surface area (Å²) in [6.07, 6.45) is 4.66. The van der Waals surface area contributed by atoms with E-state index in [0.29, 0.717) is 0 Å². The molecular formula is C19H27N. The molecule has 0 fully saturated rings. The average molecular weight is 269 g/mol. The Morgan fingerprint density at radius 3 is 1.95 bits per heavy atom. The SMILES string of the molecule is CC1=Cc2c(C)c(C)c(C)c(C)c2N/C1=C/C(C)(C)C. The Bertz CT molecular complexity index is 622. The predicted molar refractivity (Wildman–Crippen MR) is 90.2 cm³/mol. The third-order valence-electron chi connectivity index (χ3n) is 4.36. The van der Waals surface area contributed by atoms with E-state index in [1.807, 2.05) is 0 Å². The Kier molecular flexibility index (Phi) is 3.58.